The normalized spacial score (nSPS) is 14.2. The summed E-state index contributed by atoms with van der Waals surface area (Å²) in [5.41, 5.74) is 0.548. The molecule has 0 saturated carbocycles. The smallest absolute Gasteiger partial charge is 0.323 e. The van der Waals surface area contributed by atoms with Crippen LogP contribution in [0.4, 0.5) is 12.3 Å². The van der Waals surface area contributed by atoms with Crippen LogP contribution in [0.3, 0.4) is 0 Å². The van der Waals surface area contributed by atoms with Crippen LogP contribution in [0.2, 0.25) is 33.2 Å². The van der Waals surface area contributed by atoms with E-state index in [9.17, 15) is 14.7 Å². The Morgan fingerprint density at radius 3 is 1.38 bits per heavy atom. The molecule has 0 bridgehead atoms. The van der Waals surface area contributed by atoms with Gasteiger partial charge >= 0.3 is 11.9 Å². The van der Waals surface area contributed by atoms with E-state index in [0.717, 1.165) is 0 Å². The van der Waals surface area contributed by atoms with Crippen molar-refractivity contribution >= 4 is 52.7 Å². The fourth-order valence-electron chi connectivity index (χ4n) is 8.06. The van der Waals surface area contributed by atoms with Crippen LogP contribution in [-0.2, 0) is 27.2 Å². The van der Waals surface area contributed by atoms with E-state index in [1.807, 2.05) is 83.1 Å². The first-order valence-corrected chi connectivity index (χ1v) is 25.0. The molecule has 3 aromatic carbocycles. The molecular weight excluding hydrogens is 710 g/mol. The van der Waals surface area contributed by atoms with E-state index in [-0.39, 0.29) is 46.1 Å². The summed E-state index contributed by atoms with van der Waals surface area (Å²) in [4.78, 5) is 27.2. The predicted octanol–water partition coefficient (Wildman–Crippen LogP) is 9.51. The summed E-state index contributed by atoms with van der Waals surface area (Å²) in [5, 5.41) is 13.6. The number of carbonyl (C=O) groups excluding carboxylic acids is 2. The van der Waals surface area contributed by atoms with Crippen molar-refractivity contribution in [3.05, 3.63) is 89.5 Å². The Kier molecular flexibility index (Phi) is 14.7. The zero-order valence-corrected chi connectivity index (χ0v) is 36.3. The van der Waals surface area contributed by atoms with Crippen LogP contribution >= 0.6 is 0 Å². The van der Waals surface area contributed by atoms with E-state index in [1.165, 1.54) is 0 Å². The molecule has 4 nitrogen and oxygen atoms in total. The fraction of sp³-hybridized carbons (Fsp3) is 0.524. The Morgan fingerprint density at radius 2 is 0.962 bits per heavy atom. The molecule has 0 spiro atoms. The van der Waals surface area contributed by atoms with E-state index in [2.05, 4.69) is 0 Å². The first-order chi connectivity index (χ1) is 24.1. The van der Waals surface area contributed by atoms with Crippen LogP contribution in [0.1, 0.15) is 106 Å². The monoisotopic (exact) mass is 770 g/mol. The van der Waals surface area contributed by atoms with Gasteiger partial charge in [-0.1, -0.05) is 156 Å². The summed E-state index contributed by atoms with van der Waals surface area (Å²) >= 11 is 0. The molecule has 52 heavy (non-hydrogen) atoms. The lowest BCUT2D eigenvalue weighted by Crippen LogP contribution is -2.49. The van der Waals surface area contributed by atoms with Gasteiger partial charge in [-0.25, -0.2) is 0 Å². The average Bonchev–Trinajstić information content (AvgIpc) is 3.06. The minimum Gasteiger partial charge on any atom is -0.392 e. The van der Waals surface area contributed by atoms with Crippen molar-refractivity contribution in [2.24, 2.45) is 0 Å². The van der Waals surface area contributed by atoms with Gasteiger partial charge in [-0.2, -0.15) is 0 Å². The number of aliphatic hydroxyl groups is 1. The van der Waals surface area contributed by atoms with Crippen LogP contribution in [0.5, 0.6) is 0 Å². The van der Waals surface area contributed by atoms with Gasteiger partial charge in [0.25, 0.3) is 25.2 Å². The van der Waals surface area contributed by atoms with Crippen molar-refractivity contribution in [3.8, 4) is 0 Å². The molecule has 2 unspecified atom stereocenters. The lowest BCUT2D eigenvalue weighted by atomic mass is 9.89. The number of benzene rings is 3. The topological polar surface area (TPSA) is 63.6 Å². The Labute approximate surface area is 314 Å². The summed E-state index contributed by atoms with van der Waals surface area (Å²) < 4.78 is 54.7. The fourth-order valence-corrected chi connectivity index (χ4v) is 18.2. The largest absolute Gasteiger partial charge is 0.392 e. The van der Waals surface area contributed by atoms with Gasteiger partial charge in [0.15, 0.2) is 0 Å². The molecule has 0 heterocycles. The number of halogens is 3. The van der Waals surface area contributed by atoms with E-state index >= 15 is 12.3 Å². The lowest BCUT2D eigenvalue weighted by molar-refractivity contribution is -0.162. The van der Waals surface area contributed by atoms with Crippen molar-refractivity contribution in [1.82, 2.24) is 0 Å². The average molecular weight is 771 g/mol. The number of ether oxygens (including phenoxy) is 1. The second kappa shape index (κ2) is 17.6. The second-order valence-corrected chi connectivity index (χ2v) is 29.7. The van der Waals surface area contributed by atoms with E-state index in [0.29, 0.717) is 32.3 Å². The lowest BCUT2D eigenvalue weighted by Gasteiger charge is -2.31. The van der Waals surface area contributed by atoms with Crippen LogP contribution in [0, 0.1) is 0 Å². The zero-order valence-electron chi connectivity index (χ0n) is 33.3. The predicted molar refractivity (Wildman–Crippen MR) is 217 cm³/mol. The Bertz CT molecular complexity index is 1630. The number of aliphatic hydroxyl groups excluding tert-OH is 1. The van der Waals surface area contributed by atoms with Gasteiger partial charge in [-0.15, -0.1) is 0 Å². The Hall–Kier alpha value is -2.80. The van der Waals surface area contributed by atoms with Crippen LogP contribution in [-0.4, -0.2) is 48.4 Å². The van der Waals surface area contributed by atoms with E-state index in [1.54, 1.807) is 72.8 Å². The highest BCUT2D eigenvalue weighted by molar-refractivity contribution is 6.89. The van der Waals surface area contributed by atoms with Gasteiger partial charge in [0.1, 0.15) is 5.92 Å². The minimum absolute atomic E-state index is 0.000331. The number of esters is 2. The minimum atomic E-state index is -3.39. The zero-order chi connectivity index (χ0) is 39.3. The number of hydrogen-bond donors (Lipinski definition) is 1. The first-order valence-electron chi connectivity index (χ1n) is 18.9. The maximum Gasteiger partial charge on any atom is 0.323 e. The third-order valence-electron chi connectivity index (χ3n) is 11.1. The third-order valence-corrected chi connectivity index (χ3v) is 24.8. The maximum atomic E-state index is 16.5. The summed E-state index contributed by atoms with van der Waals surface area (Å²) in [6.07, 6.45) is -1.59. The number of hydrogen-bond acceptors (Lipinski definition) is 4. The van der Waals surface area contributed by atoms with Crippen LogP contribution in [0.25, 0.3) is 0 Å². The van der Waals surface area contributed by atoms with Crippen LogP contribution in [0.15, 0.2) is 72.8 Å². The summed E-state index contributed by atoms with van der Waals surface area (Å²) in [7, 11) is -10.1. The molecule has 2 atom stereocenters. The standard InChI is InChI=1S/C42H61F3O4Si3/c1-27(2)50(43,28(3)4)36-21-19-35(20-22-36)41(39(46)25-33-15-13-17-37(23-33)51(44,29(5)6)30(7)8)42(48)49-40(47)26-34-16-14-18-38(24-34)52(45,31(9)10)32(11)12/h13-24,27-32,39,41,46H,25-26H2,1-12H3. The highest BCUT2D eigenvalue weighted by Crippen LogP contribution is 2.36. The molecular formula is C42H61F3O4Si3. The highest BCUT2D eigenvalue weighted by Gasteiger charge is 2.46. The summed E-state index contributed by atoms with van der Waals surface area (Å²) in [6.45, 7) is 22.6. The third kappa shape index (κ3) is 9.10. The number of carbonyl (C=O) groups is 2. The maximum absolute atomic E-state index is 16.5. The van der Waals surface area contributed by atoms with Gasteiger partial charge in [0.05, 0.1) is 12.5 Å². The van der Waals surface area contributed by atoms with Gasteiger partial charge in [0.2, 0.25) is 0 Å². The SMILES string of the molecule is CC(C)[Si](F)(c1ccc(C(C(=O)OC(=O)Cc2cccc([Si](F)(C(C)C)C(C)C)c2)C(O)Cc2cccc([Si](F)(C(C)C)C(C)C)c2)cc1)C(C)C. The van der Waals surface area contributed by atoms with Gasteiger partial charge < -0.3 is 22.2 Å². The van der Waals surface area contributed by atoms with Crippen molar-refractivity contribution in [3.63, 3.8) is 0 Å². The molecule has 1 N–H and O–H groups in total. The molecule has 0 saturated heterocycles. The molecule has 0 amide bonds. The second-order valence-electron chi connectivity index (χ2n) is 16.5. The summed E-state index contributed by atoms with van der Waals surface area (Å²) in [5.74, 6) is -3.04. The van der Waals surface area contributed by atoms with Gasteiger partial charge in [0, 0.05) is 0 Å². The molecule has 3 aromatic rings. The molecule has 286 valence electrons. The molecule has 0 fully saturated rings. The molecule has 0 aliphatic rings. The van der Waals surface area contributed by atoms with Crippen LogP contribution < -0.4 is 15.6 Å². The molecule has 0 aliphatic heterocycles. The van der Waals surface area contributed by atoms with E-state index < -0.39 is 49.2 Å². The Morgan fingerprint density at radius 1 is 0.577 bits per heavy atom. The molecule has 10 heteroatoms. The molecule has 0 aromatic heterocycles. The first kappa shape index (κ1) is 43.6. The van der Waals surface area contributed by atoms with E-state index in [4.69, 9.17) is 4.74 Å². The quantitative estimate of drug-likeness (QED) is 0.0683. The number of rotatable bonds is 16. The Balaban J connectivity index is 1.99. The molecule has 3 rings (SSSR count). The van der Waals surface area contributed by atoms with Gasteiger partial charge in [-0.3, -0.25) is 9.59 Å². The highest BCUT2D eigenvalue weighted by atomic mass is 28.4. The van der Waals surface area contributed by atoms with Crippen molar-refractivity contribution in [1.29, 1.82) is 0 Å². The van der Waals surface area contributed by atoms with Crippen molar-refractivity contribution in [2.45, 2.75) is 141 Å². The van der Waals surface area contributed by atoms with Crippen molar-refractivity contribution < 1.29 is 31.8 Å². The van der Waals surface area contributed by atoms with Crippen molar-refractivity contribution in [2.75, 3.05) is 0 Å². The molecule has 0 radical (unpaired) electrons. The molecule has 0 aliphatic carbocycles. The van der Waals surface area contributed by atoms with Gasteiger partial charge in [-0.05, 0) is 71.9 Å². The summed E-state index contributed by atoms with van der Waals surface area (Å²) in [6, 6.07) is 20.7.